The van der Waals surface area contributed by atoms with Crippen molar-refractivity contribution in [2.24, 2.45) is 7.05 Å². The summed E-state index contributed by atoms with van der Waals surface area (Å²) in [7, 11) is 1.93. The molecule has 4 heteroatoms. The average Bonchev–Trinajstić information content (AvgIpc) is 2.77. The van der Waals surface area contributed by atoms with Crippen LogP contribution in [0.15, 0.2) is 36.9 Å². The Balaban J connectivity index is 1.78. The molecule has 0 unspecified atom stereocenters. The van der Waals surface area contributed by atoms with Gasteiger partial charge in [-0.1, -0.05) is 0 Å². The Bertz CT molecular complexity index is 374. The second-order valence-electron chi connectivity index (χ2n) is 3.27. The highest BCUT2D eigenvalue weighted by Gasteiger charge is 1.94. The molecule has 0 amide bonds. The molecule has 2 aromatic heterocycles. The van der Waals surface area contributed by atoms with Crippen LogP contribution >= 0.6 is 0 Å². The summed E-state index contributed by atoms with van der Waals surface area (Å²) in [4.78, 5) is 0. The van der Waals surface area contributed by atoms with E-state index in [0.29, 0.717) is 0 Å². The normalized spacial score (nSPS) is 10.4. The second-order valence-corrected chi connectivity index (χ2v) is 3.27. The predicted octanol–water partition coefficient (Wildman–Crippen LogP) is 1.01. The van der Waals surface area contributed by atoms with Gasteiger partial charge in [0.1, 0.15) is 0 Å². The zero-order valence-corrected chi connectivity index (χ0v) is 8.22. The molecule has 0 fully saturated rings. The van der Waals surface area contributed by atoms with E-state index >= 15 is 0 Å². The predicted molar refractivity (Wildman–Crippen MR) is 55.6 cm³/mol. The second kappa shape index (κ2) is 4.00. The fraction of sp³-hybridized carbons (Fsp3) is 0.300. The topological polar surface area (TPSA) is 34.8 Å². The summed E-state index contributed by atoms with van der Waals surface area (Å²) in [6, 6.07) is 3.99. The molecule has 0 atom stereocenters. The van der Waals surface area contributed by atoms with Crippen molar-refractivity contribution >= 4 is 0 Å². The first-order valence-electron chi connectivity index (χ1n) is 4.69. The van der Waals surface area contributed by atoms with Crippen molar-refractivity contribution in [1.82, 2.24) is 14.5 Å². The molecule has 0 saturated carbocycles. The van der Waals surface area contributed by atoms with Gasteiger partial charge >= 0.3 is 0 Å². The van der Waals surface area contributed by atoms with E-state index < -0.39 is 0 Å². The highest BCUT2D eigenvalue weighted by molar-refractivity contribution is 5.05. The van der Waals surface area contributed by atoms with Gasteiger partial charge in [0.25, 0.3) is 0 Å². The van der Waals surface area contributed by atoms with Crippen LogP contribution in [0.4, 0.5) is 0 Å². The SMILES string of the molecule is Cn1cc(CCNn2cccc2)cn1. The van der Waals surface area contributed by atoms with E-state index in [9.17, 15) is 0 Å². The van der Waals surface area contributed by atoms with Gasteiger partial charge in [-0.2, -0.15) is 5.10 Å². The minimum absolute atomic E-state index is 0.917. The molecule has 0 spiro atoms. The van der Waals surface area contributed by atoms with Crippen LogP contribution in [0.3, 0.4) is 0 Å². The van der Waals surface area contributed by atoms with Crippen LogP contribution in [0, 0.1) is 0 Å². The third-order valence-corrected chi connectivity index (χ3v) is 2.07. The Hall–Kier alpha value is -1.71. The van der Waals surface area contributed by atoms with Crippen LogP contribution in [0.1, 0.15) is 5.56 Å². The summed E-state index contributed by atoms with van der Waals surface area (Å²) in [5.41, 5.74) is 4.52. The number of rotatable bonds is 4. The minimum Gasteiger partial charge on any atom is -0.326 e. The summed E-state index contributed by atoms with van der Waals surface area (Å²) in [5.74, 6) is 0. The van der Waals surface area contributed by atoms with Crippen molar-refractivity contribution in [2.75, 3.05) is 12.0 Å². The summed E-state index contributed by atoms with van der Waals surface area (Å²) in [6.07, 6.45) is 8.91. The van der Waals surface area contributed by atoms with Crippen LogP contribution in [0.2, 0.25) is 0 Å². The lowest BCUT2D eigenvalue weighted by Crippen LogP contribution is -2.15. The highest BCUT2D eigenvalue weighted by atomic mass is 15.4. The monoisotopic (exact) mass is 190 g/mol. The Labute approximate surface area is 83.1 Å². The van der Waals surface area contributed by atoms with E-state index in [2.05, 4.69) is 10.5 Å². The number of nitrogens with one attached hydrogen (secondary N) is 1. The summed E-state index contributed by atoms with van der Waals surface area (Å²) in [5, 5.41) is 4.11. The molecule has 0 aromatic carbocycles. The van der Waals surface area contributed by atoms with E-state index in [4.69, 9.17) is 0 Å². The number of aryl methyl sites for hydroxylation is 1. The lowest BCUT2D eigenvalue weighted by molar-refractivity contribution is 0.766. The van der Waals surface area contributed by atoms with Gasteiger partial charge in [0.15, 0.2) is 0 Å². The van der Waals surface area contributed by atoms with Crippen LogP contribution < -0.4 is 5.43 Å². The van der Waals surface area contributed by atoms with E-state index in [-0.39, 0.29) is 0 Å². The fourth-order valence-corrected chi connectivity index (χ4v) is 1.37. The van der Waals surface area contributed by atoms with E-state index in [1.54, 1.807) is 0 Å². The zero-order chi connectivity index (χ0) is 9.80. The Morgan fingerprint density at radius 2 is 2.14 bits per heavy atom. The molecule has 2 heterocycles. The molecule has 0 saturated heterocycles. The average molecular weight is 190 g/mol. The molecule has 2 aromatic rings. The van der Waals surface area contributed by atoms with Gasteiger partial charge in [0, 0.05) is 32.2 Å². The Kier molecular flexibility index (Phi) is 2.53. The first-order chi connectivity index (χ1) is 6.84. The van der Waals surface area contributed by atoms with E-state index in [0.717, 1.165) is 13.0 Å². The summed E-state index contributed by atoms with van der Waals surface area (Å²) >= 11 is 0. The lowest BCUT2D eigenvalue weighted by Gasteiger charge is -2.05. The van der Waals surface area contributed by atoms with Gasteiger partial charge < -0.3 is 5.43 Å². The molecule has 2 rings (SSSR count). The number of hydrogen-bond donors (Lipinski definition) is 1. The highest BCUT2D eigenvalue weighted by Crippen LogP contribution is 1.96. The van der Waals surface area contributed by atoms with E-state index in [1.807, 2.05) is 53.3 Å². The fourth-order valence-electron chi connectivity index (χ4n) is 1.37. The number of aromatic nitrogens is 3. The van der Waals surface area contributed by atoms with E-state index in [1.165, 1.54) is 5.56 Å². The van der Waals surface area contributed by atoms with Crippen molar-refractivity contribution in [2.45, 2.75) is 6.42 Å². The molecule has 14 heavy (non-hydrogen) atoms. The number of hydrogen-bond acceptors (Lipinski definition) is 2. The molecule has 0 aliphatic heterocycles. The van der Waals surface area contributed by atoms with Crippen molar-refractivity contribution in [3.8, 4) is 0 Å². The largest absolute Gasteiger partial charge is 0.326 e. The third-order valence-electron chi connectivity index (χ3n) is 2.07. The van der Waals surface area contributed by atoms with Crippen molar-refractivity contribution < 1.29 is 0 Å². The van der Waals surface area contributed by atoms with Gasteiger partial charge in [0.05, 0.1) is 6.20 Å². The first-order valence-corrected chi connectivity index (χ1v) is 4.69. The Morgan fingerprint density at radius 3 is 2.79 bits per heavy atom. The first kappa shape index (κ1) is 8.87. The van der Waals surface area contributed by atoms with Gasteiger partial charge in [-0.15, -0.1) is 0 Å². The maximum Gasteiger partial charge on any atom is 0.0522 e. The molecular weight excluding hydrogens is 176 g/mol. The molecule has 0 aliphatic carbocycles. The molecular formula is C10H14N4. The van der Waals surface area contributed by atoms with Gasteiger partial charge in [-0.3, -0.25) is 9.36 Å². The maximum atomic E-state index is 4.11. The number of nitrogens with zero attached hydrogens (tertiary/aromatic N) is 3. The molecule has 4 nitrogen and oxygen atoms in total. The zero-order valence-electron chi connectivity index (χ0n) is 8.22. The van der Waals surface area contributed by atoms with Gasteiger partial charge in [-0.05, 0) is 24.1 Å². The summed E-state index contributed by atoms with van der Waals surface area (Å²) < 4.78 is 3.78. The van der Waals surface area contributed by atoms with Gasteiger partial charge in [0.2, 0.25) is 0 Å². The Morgan fingerprint density at radius 1 is 1.36 bits per heavy atom. The quantitative estimate of drug-likeness (QED) is 0.780. The summed E-state index contributed by atoms with van der Waals surface area (Å²) in [6.45, 7) is 0.917. The van der Waals surface area contributed by atoms with Crippen LogP contribution in [0.25, 0.3) is 0 Å². The molecule has 1 N–H and O–H groups in total. The van der Waals surface area contributed by atoms with Crippen molar-refractivity contribution in [3.63, 3.8) is 0 Å². The van der Waals surface area contributed by atoms with Crippen LogP contribution in [-0.4, -0.2) is 21.0 Å². The van der Waals surface area contributed by atoms with Crippen molar-refractivity contribution in [3.05, 3.63) is 42.5 Å². The standard InChI is InChI=1S/C10H14N4/c1-13-9-10(8-12-13)4-5-11-14-6-2-3-7-14/h2-3,6-9,11H,4-5H2,1H3. The maximum absolute atomic E-state index is 4.11. The molecule has 0 aliphatic rings. The molecule has 74 valence electrons. The van der Waals surface area contributed by atoms with Crippen LogP contribution in [0.5, 0.6) is 0 Å². The smallest absolute Gasteiger partial charge is 0.0522 e. The van der Waals surface area contributed by atoms with Gasteiger partial charge in [-0.25, -0.2) is 0 Å². The van der Waals surface area contributed by atoms with Crippen LogP contribution in [-0.2, 0) is 13.5 Å². The lowest BCUT2D eigenvalue weighted by atomic mass is 10.3. The minimum atomic E-state index is 0.917. The van der Waals surface area contributed by atoms with Crippen molar-refractivity contribution in [1.29, 1.82) is 0 Å². The molecule has 0 radical (unpaired) electrons. The third kappa shape index (κ3) is 2.16. The molecule has 0 bridgehead atoms.